The number of H-pyrrole nitrogens is 1. The number of pyridine rings is 2. The summed E-state index contributed by atoms with van der Waals surface area (Å²) in [5.41, 5.74) is 9.77. The monoisotopic (exact) mass is 308 g/mol. The fourth-order valence-electron chi connectivity index (χ4n) is 2.79. The Morgan fingerprint density at radius 3 is 3.00 bits per heavy atom. The first-order valence-electron chi connectivity index (χ1n) is 7.50. The molecular formula is C17H16N4O2. The molecule has 0 aliphatic carbocycles. The molecule has 1 fully saturated rings. The number of nitrogens with one attached hydrogen (secondary N) is 1. The van der Waals surface area contributed by atoms with Crippen LogP contribution in [0.2, 0.25) is 0 Å². The summed E-state index contributed by atoms with van der Waals surface area (Å²) in [5, 5.41) is 0.991. The van der Waals surface area contributed by atoms with Crippen molar-refractivity contribution in [3.8, 4) is 11.3 Å². The van der Waals surface area contributed by atoms with Crippen LogP contribution in [0.1, 0.15) is 17.3 Å². The van der Waals surface area contributed by atoms with E-state index in [-0.39, 0.29) is 12.3 Å². The summed E-state index contributed by atoms with van der Waals surface area (Å²) in [4.78, 5) is 23.3. The van der Waals surface area contributed by atoms with Crippen molar-refractivity contribution < 1.29 is 9.53 Å². The molecule has 6 heteroatoms. The third-order valence-electron chi connectivity index (χ3n) is 4.08. The lowest BCUT2D eigenvalue weighted by Gasteiger charge is -2.25. The molecule has 3 aromatic rings. The largest absolute Gasteiger partial charge is 0.380 e. The average Bonchev–Trinajstić information content (AvgIpc) is 2.88. The molecule has 0 atom stereocenters. The van der Waals surface area contributed by atoms with E-state index < -0.39 is 0 Å². The van der Waals surface area contributed by atoms with Gasteiger partial charge < -0.3 is 15.5 Å². The molecule has 1 aliphatic heterocycles. The number of nitrogens with two attached hydrogens (primary N) is 1. The van der Waals surface area contributed by atoms with Crippen molar-refractivity contribution >= 4 is 16.8 Å². The molecule has 0 unspecified atom stereocenters. The minimum absolute atomic E-state index is 0.132. The van der Waals surface area contributed by atoms with Crippen molar-refractivity contribution in [2.45, 2.75) is 12.3 Å². The van der Waals surface area contributed by atoms with Gasteiger partial charge in [-0.2, -0.15) is 0 Å². The molecular weight excluding hydrogens is 292 g/mol. The first kappa shape index (κ1) is 13.9. The number of carbonyl (C=O) groups excluding carboxylic acids is 1. The Bertz CT molecular complexity index is 883. The first-order valence-corrected chi connectivity index (χ1v) is 7.50. The van der Waals surface area contributed by atoms with E-state index in [0.29, 0.717) is 11.6 Å². The Labute approximate surface area is 132 Å². The fourth-order valence-corrected chi connectivity index (χ4v) is 2.79. The van der Waals surface area contributed by atoms with Crippen LogP contribution in [0.5, 0.6) is 0 Å². The summed E-state index contributed by atoms with van der Waals surface area (Å²) in [6.07, 6.45) is 3.78. The second kappa shape index (κ2) is 5.48. The molecule has 23 heavy (non-hydrogen) atoms. The van der Waals surface area contributed by atoms with E-state index in [1.165, 1.54) is 0 Å². The van der Waals surface area contributed by atoms with Crippen LogP contribution >= 0.6 is 0 Å². The number of ether oxygens (including phenoxy) is 1. The lowest BCUT2D eigenvalue weighted by Crippen LogP contribution is -2.25. The first-order chi connectivity index (χ1) is 11.2. The highest BCUT2D eigenvalue weighted by Crippen LogP contribution is 2.30. The second-order valence-electron chi connectivity index (χ2n) is 5.75. The number of hydrogen-bond donors (Lipinski definition) is 2. The smallest absolute Gasteiger partial charge is 0.223 e. The van der Waals surface area contributed by atoms with Crippen molar-refractivity contribution in [3.05, 3.63) is 48.0 Å². The number of aromatic nitrogens is 3. The Morgan fingerprint density at radius 1 is 1.39 bits per heavy atom. The molecule has 1 amide bonds. The Hall–Kier alpha value is -2.73. The minimum Gasteiger partial charge on any atom is -0.380 e. The van der Waals surface area contributed by atoms with E-state index in [1.54, 1.807) is 6.20 Å². The molecule has 6 nitrogen and oxygen atoms in total. The van der Waals surface area contributed by atoms with Gasteiger partial charge in [0, 0.05) is 28.8 Å². The molecule has 0 bridgehead atoms. The zero-order valence-electron chi connectivity index (χ0n) is 12.5. The maximum atomic E-state index is 11.1. The lowest BCUT2D eigenvalue weighted by atomic mass is 10.0. The molecule has 4 rings (SSSR count). The van der Waals surface area contributed by atoms with Gasteiger partial charge in [-0.25, -0.2) is 0 Å². The number of amides is 1. The highest BCUT2D eigenvalue weighted by Gasteiger charge is 2.22. The maximum absolute atomic E-state index is 11.1. The SMILES string of the molecule is NC(=O)Cc1cc2c(-c3cccc(C4COC4)n3)c[nH]c2cn1. The van der Waals surface area contributed by atoms with Gasteiger partial charge in [0.25, 0.3) is 0 Å². The van der Waals surface area contributed by atoms with E-state index in [9.17, 15) is 4.79 Å². The van der Waals surface area contributed by atoms with Crippen molar-refractivity contribution in [2.24, 2.45) is 5.73 Å². The molecule has 3 N–H and O–H groups in total. The molecule has 0 saturated carbocycles. The van der Waals surface area contributed by atoms with Gasteiger partial charge in [0.05, 0.1) is 42.7 Å². The molecule has 0 radical (unpaired) electrons. The molecule has 116 valence electrons. The third kappa shape index (κ3) is 2.57. The van der Waals surface area contributed by atoms with E-state index in [4.69, 9.17) is 15.5 Å². The van der Waals surface area contributed by atoms with E-state index in [1.807, 2.05) is 30.5 Å². The number of hydrogen-bond acceptors (Lipinski definition) is 4. The summed E-state index contributed by atoms with van der Waals surface area (Å²) < 4.78 is 5.24. The number of fused-ring (bicyclic) bond motifs is 1. The normalized spacial score (nSPS) is 14.8. The highest BCUT2D eigenvalue weighted by molar-refractivity contribution is 5.94. The lowest BCUT2D eigenvalue weighted by molar-refractivity contribution is -0.117. The van der Waals surface area contributed by atoms with Crippen LogP contribution in [0, 0.1) is 0 Å². The van der Waals surface area contributed by atoms with Gasteiger partial charge in [-0.1, -0.05) is 6.07 Å². The summed E-state index contributed by atoms with van der Waals surface area (Å²) in [6, 6.07) is 7.93. The predicted octanol–water partition coefficient (Wildman–Crippen LogP) is 1.77. The summed E-state index contributed by atoms with van der Waals surface area (Å²) in [5.74, 6) is -0.00807. The van der Waals surface area contributed by atoms with Gasteiger partial charge in [-0.15, -0.1) is 0 Å². The average molecular weight is 308 g/mol. The van der Waals surface area contributed by atoms with Gasteiger partial charge in [0.1, 0.15) is 0 Å². The quantitative estimate of drug-likeness (QED) is 0.768. The van der Waals surface area contributed by atoms with Crippen molar-refractivity contribution in [3.63, 3.8) is 0 Å². The van der Waals surface area contributed by atoms with E-state index in [0.717, 1.165) is 41.1 Å². The summed E-state index contributed by atoms with van der Waals surface area (Å²) in [7, 11) is 0. The van der Waals surface area contributed by atoms with Gasteiger partial charge in [-0.3, -0.25) is 14.8 Å². The van der Waals surface area contributed by atoms with Crippen LogP contribution in [0.4, 0.5) is 0 Å². The fraction of sp³-hybridized carbons (Fsp3) is 0.235. The number of aromatic amines is 1. The molecule has 4 heterocycles. The van der Waals surface area contributed by atoms with Crippen LogP contribution in [0.15, 0.2) is 36.7 Å². The summed E-state index contributed by atoms with van der Waals surface area (Å²) >= 11 is 0. The van der Waals surface area contributed by atoms with Crippen LogP contribution < -0.4 is 5.73 Å². The zero-order chi connectivity index (χ0) is 15.8. The molecule has 0 aromatic carbocycles. The topological polar surface area (TPSA) is 93.9 Å². The minimum atomic E-state index is -0.390. The van der Waals surface area contributed by atoms with Crippen molar-refractivity contribution in [1.29, 1.82) is 0 Å². The van der Waals surface area contributed by atoms with E-state index >= 15 is 0 Å². The number of rotatable bonds is 4. The zero-order valence-corrected chi connectivity index (χ0v) is 12.5. The molecule has 0 spiro atoms. The third-order valence-corrected chi connectivity index (χ3v) is 4.08. The molecule has 1 aliphatic rings. The second-order valence-corrected chi connectivity index (χ2v) is 5.75. The van der Waals surface area contributed by atoms with E-state index in [2.05, 4.69) is 9.97 Å². The van der Waals surface area contributed by atoms with Crippen LogP contribution in [-0.4, -0.2) is 34.1 Å². The van der Waals surface area contributed by atoms with Crippen molar-refractivity contribution in [1.82, 2.24) is 15.0 Å². The van der Waals surface area contributed by atoms with Gasteiger partial charge in [0.15, 0.2) is 0 Å². The van der Waals surface area contributed by atoms with Gasteiger partial charge >= 0.3 is 0 Å². The number of carbonyl (C=O) groups is 1. The molecule has 1 saturated heterocycles. The van der Waals surface area contributed by atoms with Crippen LogP contribution in [-0.2, 0) is 16.0 Å². The highest BCUT2D eigenvalue weighted by atomic mass is 16.5. The van der Waals surface area contributed by atoms with Gasteiger partial charge in [0.2, 0.25) is 5.91 Å². The van der Waals surface area contributed by atoms with Crippen molar-refractivity contribution in [2.75, 3.05) is 13.2 Å². The Morgan fingerprint density at radius 2 is 2.26 bits per heavy atom. The Kier molecular flexibility index (Phi) is 3.31. The van der Waals surface area contributed by atoms with Crippen LogP contribution in [0.3, 0.4) is 0 Å². The standard InChI is InChI=1S/C17H16N4O2/c18-17(22)5-11-4-12-13(6-20-16(12)7-19-11)15-3-1-2-14(21-15)10-8-23-9-10/h1-4,6-7,10,20H,5,8-9H2,(H2,18,22). The Balaban J connectivity index is 1.77. The number of nitrogens with zero attached hydrogens (tertiary/aromatic N) is 2. The van der Waals surface area contributed by atoms with Gasteiger partial charge in [-0.05, 0) is 18.2 Å². The summed E-state index contributed by atoms with van der Waals surface area (Å²) in [6.45, 7) is 1.47. The van der Waals surface area contributed by atoms with Crippen LogP contribution in [0.25, 0.3) is 22.2 Å². The molecule has 3 aromatic heterocycles. The number of primary amides is 1. The maximum Gasteiger partial charge on any atom is 0.223 e. The predicted molar refractivity (Wildman–Crippen MR) is 85.8 cm³/mol.